The Hall–Kier alpha value is -6.06. The van der Waals surface area contributed by atoms with Gasteiger partial charge in [-0.15, -0.1) is 5.10 Å². The summed E-state index contributed by atoms with van der Waals surface area (Å²) in [7, 11) is 0. The first-order valence-electron chi connectivity index (χ1n) is 13.3. The Kier molecular flexibility index (Phi) is 6.99. The van der Waals surface area contributed by atoms with E-state index in [0.29, 0.717) is 38.9 Å². The topological polar surface area (TPSA) is 168 Å². The molecule has 0 bridgehead atoms. The van der Waals surface area contributed by atoms with Crippen LogP contribution in [-0.4, -0.2) is 47.3 Å². The highest BCUT2D eigenvalue weighted by Gasteiger charge is 2.24. The number of hydrogen-bond donors (Lipinski definition) is 3. The first-order valence-corrected chi connectivity index (χ1v) is 13.3. The smallest absolute Gasteiger partial charge is 0.264 e. The normalized spacial score (nSPS) is 11.7. The third-order valence-corrected chi connectivity index (χ3v) is 6.88. The van der Waals surface area contributed by atoms with Gasteiger partial charge in [-0.2, -0.15) is 5.10 Å². The van der Waals surface area contributed by atoms with E-state index in [2.05, 4.69) is 32.3 Å². The SMILES string of the molecule is C[C@@H](NC(=O)c1c(N)nn2cccnc12)c1cc2cccc(C#Cc3cnn(C(=O)CN)c3)c2c(=O)n1-c1ccccc1. The van der Waals surface area contributed by atoms with E-state index in [1.165, 1.54) is 16.9 Å². The molecule has 12 heteroatoms. The van der Waals surface area contributed by atoms with Crippen molar-refractivity contribution < 1.29 is 9.59 Å². The van der Waals surface area contributed by atoms with Crippen molar-refractivity contribution in [1.29, 1.82) is 0 Å². The number of hydrogen-bond acceptors (Lipinski definition) is 8. The third-order valence-electron chi connectivity index (χ3n) is 6.88. The molecule has 43 heavy (non-hydrogen) atoms. The number of pyridine rings is 1. The van der Waals surface area contributed by atoms with Gasteiger partial charge in [0.1, 0.15) is 5.56 Å². The number of rotatable bonds is 5. The second-order valence-electron chi connectivity index (χ2n) is 9.68. The van der Waals surface area contributed by atoms with Gasteiger partial charge >= 0.3 is 0 Å². The van der Waals surface area contributed by atoms with Crippen molar-refractivity contribution in [1.82, 2.24) is 34.3 Å². The van der Waals surface area contributed by atoms with Crippen LogP contribution < -0.4 is 22.3 Å². The lowest BCUT2D eigenvalue weighted by Crippen LogP contribution is -2.32. The lowest BCUT2D eigenvalue weighted by molar-refractivity contribution is 0.0906. The molecule has 6 rings (SSSR count). The molecule has 1 atom stereocenters. The summed E-state index contributed by atoms with van der Waals surface area (Å²) in [6, 6.07) is 17.4. The monoisotopic (exact) mass is 571 g/mol. The van der Waals surface area contributed by atoms with Crippen LogP contribution in [0, 0.1) is 11.8 Å². The van der Waals surface area contributed by atoms with Crippen LogP contribution in [0.4, 0.5) is 5.82 Å². The number of para-hydroxylation sites is 1. The molecule has 4 aromatic heterocycles. The molecule has 0 unspecified atom stereocenters. The van der Waals surface area contributed by atoms with Crippen molar-refractivity contribution in [3.8, 4) is 17.5 Å². The van der Waals surface area contributed by atoms with Gasteiger partial charge in [-0.05, 0) is 42.6 Å². The van der Waals surface area contributed by atoms with Gasteiger partial charge in [-0.3, -0.25) is 19.0 Å². The summed E-state index contributed by atoms with van der Waals surface area (Å²) in [4.78, 5) is 43.7. The van der Waals surface area contributed by atoms with Gasteiger partial charge in [0.25, 0.3) is 17.4 Å². The maximum absolute atomic E-state index is 14.2. The summed E-state index contributed by atoms with van der Waals surface area (Å²) in [5.41, 5.74) is 13.8. The fourth-order valence-electron chi connectivity index (χ4n) is 4.87. The molecule has 6 aromatic rings. The van der Waals surface area contributed by atoms with Crippen molar-refractivity contribution in [2.24, 2.45) is 5.73 Å². The maximum atomic E-state index is 14.2. The molecular formula is C31H25N9O3. The summed E-state index contributed by atoms with van der Waals surface area (Å²) in [6.45, 7) is 1.61. The molecule has 0 aliphatic rings. The number of carbonyl (C=O) groups is 2. The molecule has 12 nitrogen and oxygen atoms in total. The Morgan fingerprint density at radius 1 is 1.07 bits per heavy atom. The number of benzene rings is 2. The first-order chi connectivity index (χ1) is 20.9. The lowest BCUT2D eigenvalue weighted by atomic mass is 10.0. The average molecular weight is 572 g/mol. The summed E-state index contributed by atoms with van der Waals surface area (Å²) in [5, 5.41) is 12.2. The van der Waals surface area contributed by atoms with E-state index in [1.807, 2.05) is 42.5 Å². The summed E-state index contributed by atoms with van der Waals surface area (Å²) >= 11 is 0. The zero-order valence-electron chi connectivity index (χ0n) is 22.9. The highest BCUT2D eigenvalue weighted by molar-refractivity contribution is 6.04. The molecule has 0 fully saturated rings. The number of amides is 1. The van der Waals surface area contributed by atoms with E-state index in [9.17, 15) is 14.4 Å². The van der Waals surface area contributed by atoms with E-state index >= 15 is 0 Å². The summed E-state index contributed by atoms with van der Waals surface area (Å²) in [6.07, 6.45) is 6.16. The second-order valence-corrected chi connectivity index (χ2v) is 9.68. The van der Waals surface area contributed by atoms with Crippen LogP contribution in [-0.2, 0) is 0 Å². The van der Waals surface area contributed by atoms with Gasteiger partial charge in [-0.1, -0.05) is 42.2 Å². The molecule has 212 valence electrons. The molecule has 0 aliphatic heterocycles. The van der Waals surface area contributed by atoms with Crippen molar-refractivity contribution in [2.75, 3.05) is 12.3 Å². The van der Waals surface area contributed by atoms with Crippen molar-refractivity contribution in [3.63, 3.8) is 0 Å². The fourth-order valence-corrected chi connectivity index (χ4v) is 4.87. The van der Waals surface area contributed by atoms with Crippen LogP contribution in [0.5, 0.6) is 0 Å². The zero-order chi connectivity index (χ0) is 30.1. The Morgan fingerprint density at radius 2 is 1.88 bits per heavy atom. The predicted molar refractivity (Wildman–Crippen MR) is 161 cm³/mol. The summed E-state index contributed by atoms with van der Waals surface area (Å²) in [5.74, 6) is 5.25. The van der Waals surface area contributed by atoms with Gasteiger partial charge in [0.05, 0.1) is 29.7 Å². The third kappa shape index (κ3) is 5.01. The lowest BCUT2D eigenvalue weighted by Gasteiger charge is -2.21. The number of aromatic nitrogens is 6. The molecule has 0 radical (unpaired) electrons. The number of nitrogens with two attached hydrogens (primary N) is 2. The van der Waals surface area contributed by atoms with Crippen LogP contribution in [0.15, 0.2) is 90.2 Å². The van der Waals surface area contributed by atoms with E-state index in [0.717, 1.165) is 4.68 Å². The first kappa shape index (κ1) is 27.1. The molecule has 0 spiro atoms. The van der Waals surface area contributed by atoms with Crippen LogP contribution in [0.25, 0.3) is 22.1 Å². The van der Waals surface area contributed by atoms with Crippen LogP contribution in [0.2, 0.25) is 0 Å². The standard InChI is InChI=1S/C31H25N9O3/c1-19(36-30(42)27-28(33)37-38-14-6-13-34-29(27)38)24-15-22-8-5-7-21(12-11-20-17-35-39(18-20)25(41)16-32)26(22)31(43)40(24)23-9-3-2-4-10-23/h2-10,13-15,17-19H,16,32H2,1H3,(H2,33,37)(H,36,42)/t19-/m1/s1. The zero-order valence-corrected chi connectivity index (χ0v) is 22.9. The Labute approximate surface area is 244 Å². The predicted octanol–water partition coefficient (Wildman–Crippen LogP) is 2.30. The van der Waals surface area contributed by atoms with Gasteiger partial charge in [0.15, 0.2) is 11.5 Å². The Morgan fingerprint density at radius 3 is 2.67 bits per heavy atom. The number of nitrogen functional groups attached to an aromatic ring is 1. The van der Waals surface area contributed by atoms with E-state index < -0.39 is 11.9 Å². The molecule has 0 saturated carbocycles. The van der Waals surface area contributed by atoms with Crippen molar-refractivity contribution in [2.45, 2.75) is 13.0 Å². The van der Waals surface area contributed by atoms with E-state index in [-0.39, 0.29) is 29.4 Å². The Balaban J connectivity index is 1.45. The number of anilines is 1. The highest BCUT2D eigenvalue weighted by Crippen LogP contribution is 2.24. The molecule has 5 N–H and O–H groups in total. The largest absolute Gasteiger partial charge is 0.381 e. The van der Waals surface area contributed by atoms with E-state index in [4.69, 9.17) is 11.5 Å². The molecule has 0 aliphatic carbocycles. The minimum Gasteiger partial charge on any atom is -0.381 e. The fraction of sp³-hybridized carbons (Fsp3) is 0.0968. The minimum absolute atomic E-state index is 0.0449. The van der Waals surface area contributed by atoms with E-state index in [1.54, 1.807) is 42.1 Å². The molecule has 0 saturated heterocycles. The van der Waals surface area contributed by atoms with Gasteiger partial charge in [0, 0.05) is 35.5 Å². The minimum atomic E-state index is -0.622. The molecular weight excluding hydrogens is 546 g/mol. The van der Waals surface area contributed by atoms with Gasteiger partial charge in [-0.25, -0.2) is 14.2 Å². The van der Waals surface area contributed by atoms with Crippen LogP contribution in [0.3, 0.4) is 0 Å². The van der Waals surface area contributed by atoms with Crippen LogP contribution >= 0.6 is 0 Å². The number of nitrogens with zero attached hydrogens (tertiary/aromatic N) is 6. The number of fused-ring (bicyclic) bond motifs is 2. The van der Waals surface area contributed by atoms with Gasteiger partial charge < -0.3 is 16.8 Å². The average Bonchev–Trinajstić information content (AvgIpc) is 3.63. The second kappa shape index (κ2) is 11.1. The molecule has 1 amide bonds. The number of carbonyl (C=O) groups excluding carboxylic acids is 2. The highest BCUT2D eigenvalue weighted by atomic mass is 16.2. The number of nitrogens with one attached hydrogen (secondary N) is 1. The molecule has 2 aromatic carbocycles. The van der Waals surface area contributed by atoms with Crippen LogP contribution in [0.1, 0.15) is 44.9 Å². The maximum Gasteiger partial charge on any atom is 0.264 e. The summed E-state index contributed by atoms with van der Waals surface area (Å²) < 4.78 is 4.14. The van der Waals surface area contributed by atoms with Crippen molar-refractivity contribution in [3.05, 3.63) is 118 Å². The Bertz CT molecular complexity index is 2150. The molecule has 4 heterocycles. The van der Waals surface area contributed by atoms with Gasteiger partial charge in [0.2, 0.25) is 0 Å². The quantitative estimate of drug-likeness (QED) is 0.265. The van der Waals surface area contributed by atoms with Crippen molar-refractivity contribution >= 4 is 34.1 Å².